The van der Waals surface area contributed by atoms with E-state index in [1.165, 1.54) is 64.2 Å². The molecule has 0 saturated heterocycles. The van der Waals surface area contributed by atoms with E-state index in [1.54, 1.807) is 24.3 Å². The van der Waals surface area contributed by atoms with Gasteiger partial charge in [0.2, 0.25) is 0 Å². The summed E-state index contributed by atoms with van der Waals surface area (Å²) in [5.74, 6) is 2.98. The van der Waals surface area contributed by atoms with E-state index in [9.17, 15) is 4.79 Å². The highest BCUT2D eigenvalue weighted by atomic mass is 16.5. The maximum Gasteiger partial charge on any atom is 0.314 e. The molecular weight excluding hydrogens is 346 g/mol. The highest BCUT2D eigenvalue weighted by Gasteiger charge is 2.38. The third kappa shape index (κ3) is 5.84. The second-order valence-corrected chi connectivity index (χ2v) is 8.97. The van der Waals surface area contributed by atoms with Crippen LogP contribution in [0.3, 0.4) is 0 Å². The molecule has 2 saturated carbocycles. The van der Waals surface area contributed by atoms with Crippen molar-refractivity contribution in [2.45, 2.75) is 84.0 Å². The topological polar surface area (TPSA) is 50.1 Å². The van der Waals surface area contributed by atoms with Crippen LogP contribution in [0.5, 0.6) is 5.75 Å². The van der Waals surface area contributed by atoms with Gasteiger partial charge >= 0.3 is 5.97 Å². The van der Waals surface area contributed by atoms with Crippen LogP contribution in [-0.4, -0.2) is 5.97 Å². The number of rotatable bonds is 8. The number of nitrogens with zero attached hydrogens (tertiary/aromatic N) is 1. The minimum atomic E-state index is -0.0822. The normalized spacial score (nSPS) is 26.9. The minimum Gasteiger partial charge on any atom is -0.426 e. The minimum absolute atomic E-state index is 0.0440. The van der Waals surface area contributed by atoms with Crippen LogP contribution < -0.4 is 4.74 Å². The molecule has 0 bridgehead atoms. The number of benzene rings is 1. The van der Waals surface area contributed by atoms with Crippen LogP contribution in [0.2, 0.25) is 0 Å². The monoisotopic (exact) mass is 381 g/mol. The molecule has 0 amide bonds. The molecule has 152 valence electrons. The molecule has 2 aliphatic rings. The predicted octanol–water partition coefficient (Wildman–Crippen LogP) is 6.66. The zero-order chi connectivity index (χ0) is 19.8. The van der Waals surface area contributed by atoms with E-state index < -0.39 is 0 Å². The Morgan fingerprint density at radius 2 is 1.71 bits per heavy atom. The van der Waals surface area contributed by atoms with Crippen molar-refractivity contribution >= 4 is 5.97 Å². The molecule has 0 N–H and O–H groups in total. The van der Waals surface area contributed by atoms with Gasteiger partial charge in [-0.15, -0.1) is 0 Å². The lowest BCUT2D eigenvalue weighted by Crippen LogP contribution is -2.35. The molecule has 3 nitrogen and oxygen atoms in total. The smallest absolute Gasteiger partial charge is 0.314 e. The average molecular weight is 382 g/mol. The molecule has 2 aliphatic carbocycles. The Morgan fingerprint density at radius 3 is 2.46 bits per heavy atom. The third-order valence-corrected chi connectivity index (χ3v) is 6.97. The summed E-state index contributed by atoms with van der Waals surface area (Å²) in [6, 6.07) is 8.91. The number of ether oxygens (including phenoxy) is 1. The van der Waals surface area contributed by atoms with Crippen LogP contribution in [0.25, 0.3) is 0 Å². The Bertz CT molecular complexity index is 660. The van der Waals surface area contributed by atoms with Crippen LogP contribution in [0.15, 0.2) is 24.3 Å². The van der Waals surface area contributed by atoms with Gasteiger partial charge in [0.05, 0.1) is 17.6 Å². The van der Waals surface area contributed by atoms with Gasteiger partial charge in [0.15, 0.2) is 0 Å². The Kier molecular flexibility index (Phi) is 7.95. The average Bonchev–Trinajstić information content (AvgIpc) is 2.73. The maximum absolute atomic E-state index is 12.6. The highest BCUT2D eigenvalue weighted by molar-refractivity contribution is 5.75. The van der Waals surface area contributed by atoms with Gasteiger partial charge in [-0.3, -0.25) is 4.79 Å². The molecule has 3 heteroatoms. The fourth-order valence-electron chi connectivity index (χ4n) is 5.30. The highest BCUT2D eigenvalue weighted by Crippen LogP contribution is 2.46. The quantitative estimate of drug-likeness (QED) is 0.287. The van der Waals surface area contributed by atoms with Gasteiger partial charge in [-0.25, -0.2) is 0 Å². The van der Waals surface area contributed by atoms with Crippen LogP contribution in [0, 0.1) is 35.0 Å². The van der Waals surface area contributed by atoms with Crippen molar-refractivity contribution in [2.24, 2.45) is 23.7 Å². The molecule has 0 heterocycles. The summed E-state index contributed by atoms with van der Waals surface area (Å²) in [5.41, 5.74) is 0.586. The van der Waals surface area contributed by atoms with E-state index in [1.807, 2.05) is 0 Å². The van der Waals surface area contributed by atoms with Gasteiger partial charge in [0.25, 0.3) is 0 Å². The van der Waals surface area contributed by atoms with Crippen LogP contribution in [0.1, 0.15) is 89.5 Å². The second-order valence-electron chi connectivity index (χ2n) is 8.97. The van der Waals surface area contributed by atoms with E-state index in [4.69, 9.17) is 10.00 Å². The molecule has 4 atom stereocenters. The standard InChI is InChI=1S/C25H35NO2/c1-2-3-4-5-6-7-19-8-11-22-17-23(13-12-21(22)16-19)25(27)28-24-14-9-20(18-26)10-15-24/h9-10,14-15,19,21-23H,2-8,11-13,16-17H2,1H3/t19?,21-,22?,23-/m1/s1. The molecule has 1 aromatic rings. The Hall–Kier alpha value is -1.82. The molecule has 1 aromatic carbocycles. The first-order valence-corrected chi connectivity index (χ1v) is 11.4. The van der Waals surface area contributed by atoms with Crippen molar-refractivity contribution in [1.82, 2.24) is 0 Å². The van der Waals surface area contributed by atoms with E-state index in [0.29, 0.717) is 17.2 Å². The molecule has 3 rings (SSSR count). The Labute approximate surface area is 170 Å². The number of fused-ring (bicyclic) bond motifs is 1. The summed E-state index contributed by atoms with van der Waals surface area (Å²) in [5, 5.41) is 8.87. The number of carbonyl (C=O) groups excluding carboxylic acids is 1. The van der Waals surface area contributed by atoms with Gasteiger partial charge in [-0.2, -0.15) is 5.26 Å². The number of esters is 1. The van der Waals surface area contributed by atoms with E-state index >= 15 is 0 Å². The number of nitriles is 1. The fraction of sp³-hybridized carbons (Fsp3) is 0.680. The summed E-state index contributed by atoms with van der Waals surface area (Å²) >= 11 is 0. The molecule has 28 heavy (non-hydrogen) atoms. The van der Waals surface area contributed by atoms with Crippen LogP contribution in [-0.2, 0) is 4.79 Å². The molecule has 0 spiro atoms. The number of unbranched alkanes of at least 4 members (excludes halogenated alkanes) is 4. The largest absolute Gasteiger partial charge is 0.426 e. The van der Waals surface area contributed by atoms with Gasteiger partial charge in [-0.05, 0) is 74.1 Å². The van der Waals surface area contributed by atoms with Gasteiger partial charge < -0.3 is 4.74 Å². The molecule has 0 radical (unpaired) electrons. The van der Waals surface area contributed by atoms with Crippen molar-refractivity contribution in [3.05, 3.63) is 29.8 Å². The van der Waals surface area contributed by atoms with E-state index in [0.717, 1.165) is 24.7 Å². The summed E-state index contributed by atoms with van der Waals surface area (Å²) in [7, 11) is 0. The lowest BCUT2D eigenvalue weighted by atomic mass is 9.64. The number of carbonyl (C=O) groups is 1. The van der Waals surface area contributed by atoms with Gasteiger partial charge in [-0.1, -0.05) is 51.9 Å². The number of hydrogen-bond donors (Lipinski definition) is 0. The second kappa shape index (κ2) is 10.6. The Balaban J connectivity index is 1.41. The lowest BCUT2D eigenvalue weighted by molar-refractivity contribution is -0.141. The SMILES string of the molecule is CCCCCCCC1CCC2C[C@H](C(=O)Oc3ccc(C#N)cc3)CC[C@@H]2C1. The van der Waals surface area contributed by atoms with Crippen LogP contribution in [0.4, 0.5) is 0 Å². The molecule has 0 aliphatic heterocycles. The summed E-state index contributed by atoms with van der Waals surface area (Å²) in [6.45, 7) is 2.28. The lowest BCUT2D eigenvalue weighted by Gasteiger charge is -2.41. The first-order valence-electron chi connectivity index (χ1n) is 11.4. The van der Waals surface area contributed by atoms with E-state index in [2.05, 4.69) is 13.0 Å². The summed E-state index contributed by atoms with van der Waals surface area (Å²) in [4.78, 5) is 12.6. The third-order valence-electron chi connectivity index (χ3n) is 6.97. The number of hydrogen-bond acceptors (Lipinski definition) is 3. The zero-order valence-electron chi connectivity index (χ0n) is 17.4. The predicted molar refractivity (Wildman–Crippen MR) is 112 cm³/mol. The van der Waals surface area contributed by atoms with Crippen LogP contribution >= 0.6 is 0 Å². The first kappa shape index (κ1) is 20.9. The van der Waals surface area contributed by atoms with Crippen molar-refractivity contribution in [3.63, 3.8) is 0 Å². The molecule has 0 aromatic heterocycles. The fourth-order valence-corrected chi connectivity index (χ4v) is 5.30. The Morgan fingerprint density at radius 1 is 1.00 bits per heavy atom. The van der Waals surface area contributed by atoms with Crippen molar-refractivity contribution < 1.29 is 9.53 Å². The molecular formula is C25H35NO2. The van der Waals surface area contributed by atoms with Crippen molar-refractivity contribution in [2.75, 3.05) is 0 Å². The zero-order valence-corrected chi connectivity index (χ0v) is 17.4. The van der Waals surface area contributed by atoms with Crippen molar-refractivity contribution in [3.8, 4) is 11.8 Å². The van der Waals surface area contributed by atoms with Gasteiger partial charge in [0.1, 0.15) is 5.75 Å². The molecule has 2 unspecified atom stereocenters. The van der Waals surface area contributed by atoms with Crippen molar-refractivity contribution in [1.29, 1.82) is 5.26 Å². The molecule has 2 fully saturated rings. The summed E-state index contributed by atoms with van der Waals surface area (Å²) in [6.07, 6.45) is 15.5. The maximum atomic E-state index is 12.6. The van der Waals surface area contributed by atoms with E-state index in [-0.39, 0.29) is 11.9 Å². The van der Waals surface area contributed by atoms with Gasteiger partial charge in [0, 0.05) is 0 Å². The first-order chi connectivity index (χ1) is 13.7. The summed E-state index contributed by atoms with van der Waals surface area (Å²) < 4.78 is 5.59.